The Kier molecular flexibility index (Phi) is 3.30. The van der Waals surface area contributed by atoms with Crippen molar-refractivity contribution in [3.63, 3.8) is 0 Å². The number of anilines is 1. The molecule has 0 spiro atoms. The number of rotatable bonds is 4. The summed E-state index contributed by atoms with van der Waals surface area (Å²) in [6.07, 6.45) is 5.42. The Balaban J connectivity index is 2.00. The van der Waals surface area contributed by atoms with Crippen LogP contribution in [0.2, 0.25) is 0 Å². The van der Waals surface area contributed by atoms with Crippen LogP contribution in [0.1, 0.15) is 24.8 Å². The second-order valence-corrected chi connectivity index (χ2v) is 4.87. The van der Waals surface area contributed by atoms with Crippen molar-refractivity contribution in [2.24, 2.45) is 0 Å². The van der Waals surface area contributed by atoms with E-state index in [1.165, 1.54) is 19.3 Å². The summed E-state index contributed by atoms with van der Waals surface area (Å²) in [6.45, 7) is 0.891. The minimum atomic E-state index is 0.268. The van der Waals surface area contributed by atoms with Gasteiger partial charge in [-0.25, -0.2) is 4.98 Å². The standard InChI is InChI=1S/C13H18N4/c1-17(2)13(5-3-6-13)10-16-12-8-11(9-14)4-7-15-12/h4,7-8H,3,5-6,10H2,1-2H3,(H,15,16). The number of likely N-dealkylation sites (N-methyl/N-ethyl adjacent to an activating group) is 1. The molecular formula is C13H18N4. The van der Waals surface area contributed by atoms with Crippen LogP contribution in [0.25, 0.3) is 0 Å². The van der Waals surface area contributed by atoms with Gasteiger partial charge in [0.25, 0.3) is 0 Å². The highest BCUT2D eigenvalue weighted by Crippen LogP contribution is 2.36. The molecule has 0 unspecified atom stereocenters. The van der Waals surface area contributed by atoms with Crippen LogP contribution in [-0.4, -0.2) is 36.1 Å². The summed E-state index contributed by atoms with van der Waals surface area (Å²) in [5, 5.41) is 12.2. The average Bonchev–Trinajstić information content (AvgIpc) is 2.27. The molecule has 1 N–H and O–H groups in total. The van der Waals surface area contributed by atoms with E-state index in [4.69, 9.17) is 5.26 Å². The van der Waals surface area contributed by atoms with Crippen LogP contribution in [-0.2, 0) is 0 Å². The SMILES string of the molecule is CN(C)C1(CNc2cc(C#N)ccn2)CCC1. The molecule has 1 aromatic heterocycles. The molecule has 1 aromatic rings. The molecule has 1 heterocycles. The zero-order chi connectivity index (χ0) is 12.3. The summed E-state index contributed by atoms with van der Waals surface area (Å²) < 4.78 is 0. The molecule has 1 saturated carbocycles. The van der Waals surface area contributed by atoms with Crippen LogP contribution in [0.15, 0.2) is 18.3 Å². The lowest BCUT2D eigenvalue weighted by Gasteiger charge is -2.47. The van der Waals surface area contributed by atoms with Crippen molar-refractivity contribution in [2.45, 2.75) is 24.8 Å². The Bertz CT molecular complexity index is 429. The van der Waals surface area contributed by atoms with Crippen molar-refractivity contribution in [1.82, 2.24) is 9.88 Å². The highest BCUT2D eigenvalue weighted by molar-refractivity contribution is 5.42. The molecule has 17 heavy (non-hydrogen) atoms. The number of nitriles is 1. The van der Waals surface area contributed by atoms with Gasteiger partial charge in [0.1, 0.15) is 5.82 Å². The summed E-state index contributed by atoms with van der Waals surface area (Å²) in [7, 11) is 4.25. The second kappa shape index (κ2) is 4.72. The van der Waals surface area contributed by atoms with E-state index in [1.807, 2.05) is 0 Å². The number of nitrogens with zero attached hydrogens (tertiary/aromatic N) is 3. The molecule has 0 saturated heterocycles. The number of aromatic nitrogens is 1. The summed E-state index contributed by atoms with van der Waals surface area (Å²) >= 11 is 0. The molecule has 0 radical (unpaired) electrons. The fourth-order valence-corrected chi connectivity index (χ4v) is 2.22. The Morgan fingerprint density at radius 1 is 1.53 bits per heavy atom. The van der Waals surface area contributed by atoms with Crippen molar-refractivity contribution in [3.8, 4) is 6.07 Å². The summed E-state index contributed by atoms with van der Waals surface area (Å²) in [6, 6.07) is 5.64. The first-order chi connectivity index (χ1) is 8.16. The maximum absolute atomic E-state index is 8.82. The zero-order valence-electron chi connectivity index (χ0n) is 10.4. The van der Waals surface area contributed by atoms with Crippen LogP contribution in [0.5, 0.6) is 0 Å². The van der Waals surface area contributed by atoms with Gasteiger partial charge < -0.3 is 10.2 Å². The van der Waals surface area contributed by atoms with Crippen LogP contribution >= 0.6 is 0 Å². The quantitative estimate of drug-likeness (QED) is 0.857. The van der Waals surface area contributed by atoms with Crippen molar-refractivity contribution < 1.29 is 0 Å². The largest absolute Gasteiger partial charge is 0.368 e. The summed E-state index contributed by atoms with van der Waals surface area (Å²) in [5.74, 6) is 0.789. The molecule has 0 amide bonds. The third kappa shape index (κ3) is 2.40. The van der Waals surface area contributed by atoms with Crippen molar-refractivity contribution in [1.29, 1.82) is 5.26 Å². The van der Waals surface area contributed by atoms with Crippen LogP contribution in [0.4, 0.5) is 5.82 Å². The third-order valence-corrected chi connectivity index (χ3v) is 3.72. The molecule has 1 fully saturated rings. The van der Waals surface area contributed by atoms with Crippen molar-refractivity contribution in [3.05, 3.63) is 23.9 Å². The monoisotopic (exact) mass is 230 g/mol. The Labute approximate surface area is 102 Å². The smallest absolute Gasteiger partial charge is 0.127 e. The summed E-state index contributed by atoms with van der Waals surface area (Å²) in [5.41, 5.74) is 0.916. The second-order valence-electron chi connectivity index (χ2n) is 4.87. The Hall–Kier alpha value is -1.60. The topological polar surface area (TPSA) is 52.0 Å². The van der Waals surface area contributed by atoms with Gasteiger partial charge in [0.15, 0.2) is 0 Å². The molecule has 4 nitrogen and oxygen atoms in total. The minimum absolute atomic E-state index is 0.268. The van der Waals surface area contributed by atoms with Gasteiger partial charge in [0.2, 0.25) is 0 Å². The predicted molar refractivity (Wildman–Crippen MR) is 67.7 cm³/mol. The maximum Gasteiger partial charge on any atom is 0.127 e. The van der Waals surface area contributed by atoms with E-state index in [1.54, 1.807) is 18.3 Å². The first-order valence-electron chi connectivity index (χ1n) is 5.94. The minimum Gasteiger partial charge on any atom is -0.368 e. The first kappa shape index (κ1) is 11.9. The normalized spacial score (nSPS) is 17.3. The molecular weight excluding hydrogens is 212 g/mol. The van der Waals surface area contributed by atoms with Crippen molar-refractivity contribution in [2.75, 3.05) is 26.0 Å². The molecule has 0 aliphatic heterocycles. The Morgan fingerprint density at radius 3 is 2.82 bits per heavy atom. The molecule has 0 atom stereocenters. The number of pyridine rings is 1. The van der Waals surface area contributed by atoms with E-state index in [0.29, 0.717) is 5.56 Å². The predicted octanol–water partition coefficient (Wildman–Crippen LogP) is 1.85. The molecule has 2 rings (SSSR count). The first-order valence-corrected chi connectivity index (χ1v) is 5.94. The summed E-state index contributed by atoms with van der Waals surface area (Å²) in [4.78, 5) is 6.52. The molecule has 0 aromatic carbocycles. The van der Waals surface area contributed by atoms with E-state index in [9.17, 15) is 0 Å². The number of hydrogen-bond acceptors (Lipinski definition) is 4. The van der Waals surface area contributed by atoms with Crippen LogP contribution in [0, 0.1) is 11.3 Å². The van der Waals surface area contributed by atoms with Gasteiger partial charge in [0, 0.05) is 18.3 Å². The van der Waals surface area contributed by atoms with Gasteiger partial charge in [0.05, 0.1) is 11.6 Å². The van der Waals surface area contributed by atoms with Gasteiger partial charge >= 0.3 is 0 Å². The van der Waals surface area contributed by atoms with E-state index in [-0.39, 0.29) is 5.54 Å². The van der Waals surface area contributed by atoms with E-state index >= 15 is 0 Å². The van der Waals surface area contributed by atoms with Crippen LogP contribution < -0.4 is 5.32 Å². The highest BCUT2D eigenvalue weighted by atomic mass is 15.2. The third-order valence-electron chi connectivity index (χ3n) is 3.72. The molecule has 0 bridgehead atoms. The molecule has 4 heteroatoms. The Morgan fingerprint density at radius 2 is 2.29 bits per heavy atom. The fourth-order valence-electron chi connectivity index (χ4n) is 2.22. The van der Waals surface area contributed by atoms with E-state index in [2.05, 4.69) is 35.4 Å². The van der Waals surface area contributed by atoms with Gasteiger partial charge in [-0.05, 0) is 45.5 Å². The van der Waals surface area contributed by atoms with Gasteiger partial charge in [-0.15, -0.1) is 0 Å². The average molecular weight is 230 g/mol. The fraction of sp³-hybridized carbons (Fsp3) is 0.538. The van der Waals surface area contributed by atoms with Gasteiger partial charge in [-0.1, -0.05) is 0 Å². The van der Waals surface area contributed by atoms with Gasteiger partial charge in [-0.2, -0.15) is 5.26 Å². The molecule has 1 aliphatic rings. The number of nitrogens with one attached hydrogen (secondary N) is 1. The maximum atomic E-state index is 8.82. The van der Waals surface area contributed by atoms with E-state index in [0.717, 1.165) is 12.4 Å². The highest BCUT2D eigenvalue weighted by Gasteiger charge is 2.38. The molecule has 90 valence electrons. The lowest BCUT2D eigenvalue weighted by Crippen LogP contribution is -2.54. The number of hydrogen-bond donors (Lipinski definition) is 1. The van der Waals surface area contributed by atoms with Crippen LogP contribution in [0.3, 0.4) is 0 Å². The van der Waals surface area contributed by atoms with E-state index < -0.39 is 0 Å². The molecule has 1 aliphatic carbocycles. The van der Waals surface area contributed by atoms with Crippen molar-refractivity contribution >= 4 is 5.82 Å². The van der Waals surface area contributed by atoms with Gasteiger partial charge in [-0.3, -0.25) is 0 Å². The zero-order valence-corrected chi connectivity index (χ0v) is 10.4. The lowest BCUT2D eigenvalue weighted by atomic mass is 9.75. The lowest BCUT2D eigenvalue weighted by molar-refractivity contribution is 0.0738.